The third-order valence-corrected chi connectivity index (χ3v) is 2.00. The van der Waals surface area contributed by atoms with Crippen molar-refractivity contribution in [3.8, 4) is 0 Å². The van der Waals surface area contributed by atoms with E-state index in [1.807, 2.05) is 6.92 Å². The van der Waals surface area contributed by atoms with E-state index in [1.54, 1.807) is 6.92 Å². The number of hydrogen-bond donors (Lipinski definition) is 3. The molecule has 4 heteroatoms. The molecular weight excluding hydrogens is 132 g/mol. The van der Waals surface area contributed by atoms with E-state index in [-0.39, 0.29) is 6.03 Å². The van der Waals surface area contributed by atoms with Crippen LogP contribution in [0.4, 0.5) is 4.79 Å². The smallest absolute Gasteiger partial charge is 0.317 e. The largest absolute Gasteiger partial charge is 0.371 e. The maximum absolute atomic E-state index is 10.6. The molecular formula is C6H12N2O2. The van der Waals surface area contributed by atoms with E-state index in [2.05, 4.69) is 10.6 Å². The van der Waals surface area contributed by atoms with Crippen molar-refractivity contribution in [2.24, 2.45) is 0 Å². The van der Waals surface area contributed by atoms with Crippen molar-refractivity contribution >= 4 is 6.03 Å². The predicted octanol–water partition coefficient (Wildman–Crippen LogP) is -0.214. The highest BCUT2D eigenvalue weighted by Crippen LogP contribution is 2.16. The fraction of sp³-hybridized carbons (Fsp3) is 0.833. The summed E-state index contributed by atoms with van der Waals surface area (Å²) < 4.78 is 0. The maximum atomic E-state index is 10.6. The van der Waals surface area contributed by atoms with Gasteiger partial charge in [0.25, 0.3) is 0 Å². The Balaban J connectivity index is 2.70. The first-order valence-corrected chi connectivity index (χ1v) is 3.35. The fourth-order valence-electron chi connectivity index (χ4n) is 0.929. The summed E-state index contributed by atoms with van der Waals surface area (Å²) in [6.45, 7) is 3.71. The van der Waals surface area contributed by atoms with Gasteiger partial charge in [0.15, 0.2) is 6.23 Å². The molecule has 0 saturated carbocycles. The second kappa shape index (κ2) is 2.12. The van der Waals surface area contributed by atoms with Gasteiger partial charge in [0.05, 0.1) is 5.54 Å². The summed E-state index contributed by atoms with van der Waals surface area (Å²) in [5.41, 5.74) is -0.489. The molecule has 0 spiro atoms. The number of hydrogen-bond acceptors (Lipinski definition) is 2. The van der Waals surface area contributed by atoms with E-state index in [1.165, 1.54) is 0 Å². The molecule has 0 aromatic heterocycles. The molecule has 1 heterocycles. The lowest BCUT2D eigenvalue weighted by molar-refractivity contribution is 0.0888. The number of amides is 2. The van der Waals surface area contributed by atoms with Crippen LogP contribution in [0.5, 0.6) is 0 Å². The van der Waals surface area contributed by atoms with Crippen LogP contribution in [-0.2, 0) is 0 Å². The first-order valence-electron chi connectivity index (χ1n) is 3.35. The van der Waals surface area contributed by atoms with E-state index < -0.39 is 11.8 Å². The van der Waals surface area contributed by atoms with Crippen LogP contribution in [0, 0.1) is 0 Å². The zero-order valence-corrected chi connectivity index (χ0v) is 6.14. The van der Waals surface area contributed by atoms with E-state index in [4.69, 9.17) is 0 Å². The number of carbonyl (C=O) groups excluding carboxylic acids is 1. The number of rotatable bonds is 1. The van der Waals surface area contributed by atoms with Crippen LogP contribution >= 0.6 is 0 Å². The van der Waals surface area contributed by atoms with Gasteiger partial charge in [-0.1, -0.05) is 6.92 Å². The summed E-state index contributed by atoms with van der Waals surface area (Å²) >= 11 is 0. The van der Waals surface area contributed by atoms with Crippen LogP contribution in [0.2, 0.25) is 0 Å². The Kier molecular flexibility index (Phi) is 1.56. The molecule has 0 radical (unpaired) electrons. The number of aliphatic hydroxyl groups is 1. The van der Waals surface area contributed by atoms with Crippen LogP contribution in [0.1, 0.15) is 20.3 Å². The minimum absolute atomic E-state index is 0.295. The van der Waals surface area contributed by atoms with Gasteiger partial charge in [0.2, 0.25) is 0 Å². The van der Waals surface area contributed by atoms with Crippen molar-refractivity contribution in [2.75, 3.05) is 0 Å². The van der Waals surface area contributed by atoms with Gasteiger partial charge in [-0.25, -0.2) is 4.79 Å². The summed E-state index contributed by atoms with van der Waals surface area (Å²) in [4.78, 5) is 10.6. The molecule has 4 nitrogen and oxygen atoms in total. The minimum Gasteiger partial charge on any atom is -0.371 e. The molecule has 2 unspecified atom stereocenters. The molecule has 1 saturated heterocycles. The van der Waals surface area contributed by atoms with Gasteiger partial charge in [-0.15, -0.1) is 0 Å². The third kappa shape index (κ3) is 0.945. The van der Waals surface area contributed by atoms with Gasteiger partial charge in [0.1, 0.15) is 0 Å². The molecule has 2 atom stereocenters. The normalized spacial score (nSPS) is 39.1. The Bertz CT molecular complexity index is 160. The van der Waals surface area contributed by atoms with E-state index in [0.29, 0.717) is 6.42 Å². The number of aliphatic hydroxyl groups excluding tert-OH is 1. The van der Waals surface area contributed by atoms with E-state index in [0.717, 1.165) is 0 Å². The zero-order valence-electron chi connectivity index (χ0n) is 6.14. The van der Waals surface area contributed by atoms with Gasteiger partial charge in [-0.2, -0.15) is 0 Å². The third-order valence-electron chi connectivity index (χ3n) is 2.00. The first kappa shape index (κ1) is 7.34. The van der Waals surface area contributed by atoms with Crippen molar-refractivity contribution in [3.63, 3.8) is 0 Å². The maximum Gasteiger partial charge on any atom is 0.317 e. The summed E-state index contributed by atoms with van der Waals surface area (Å²) in [7, 11) is 0. The lowest BCUT2D eigenvalue weighted by Gasteiger charge is -2.23. The monoisotopic (exact) mass is 144 g/mol. The second-order valence-electron chi connectivity index (χ2n) is 2.77. The topological polar surface area (TPSA) is 61.4 Å². The van der Waals surface area contributed by atoms with Crippen LogP contribution in [0.15, 0.2) is 0 Å². The summed E-state index contributed by atoms with van der Waals surface area (Å²) in [5.74, 6) is 0. The number of carbonyl (C=O) groups is 1. The van der Waals surface area contributed by atoms with Crippen molar-refractivity contribution in [1.29, 1.82) is 0 Å². The predicted molar refractivity (Wildman–Crippen MR) is 36.4 cm³/mol. The summed E-state index contributed by atoms with van der Waals surface area (Å²) in [5, 5.41) is 14.2. The van der Waals surface area contributed by atoms with Gasteiger partial charge in [-0.05, 0) is 13.3 Å². The standard InChI is InChI=1S/C6H12N2O2/c1-3-6(2)4(9)7-5(10)8-6/h4,9H,3H2,1-2H3,(H2,7,8,10). The van der Waals surface area contributed by atoms with E-state index >= 15 is 0 Å². The SMILES string of the molecule is CCC1(C)NC(=O)NC1O. The Morgan fingerprint density at radius 2 is 2.40 bits per heavy atom. The molecule has 3 N–H and O–H groups in total. The molecule has 1 aliphatic heterocycles. The van der Waals surface area contributed by atoms with Crippen LogP contribution in [0.25, 0.3) is 0 Å². The van der Waals surface area contributed by atoms with Crippen LogP contribution in [-0.4, -0.2) is 22.9 Å². The lowest BCUT2D eigenvalue weighted by atomic mass is 9.99. The molecule has 0 aliphatic carbocycles. The Hall–Kier alpha value is -0.770. The Labute approximate surface area is 59.6 Å². The van der Waals surface area contributed by atoms with Gasteiger partial charge in [-0.3, -0.25) is 0 Å². The average molecular weight is 144 g/mol. The summed E-state index contributed by atoms with van der Waals surface area (Å²) in [6, 6.07) is -0.295. The molecule has 2 amide bonds. The number of nitrogens with one attached hydrogen (secondary N) is 2. The van der Waals surface area contributed by atoms with Gasteiger partial charge < -0.3 is 15.7 Å². The molecule has 1 fully saturated rings. The van der Waals surface area contributed by atoms with Crippen molar-refractivity contribution in [3.05, 3.63) is 0 Å². The molecule has 58 valence electrons. The second-order valence-corrected chi connectivity index (χ2v) is 2.77. The highest BCUT2D eigenvalue weighted by molar-refractivity contribution is 5.77. The Morgan fingerprint density at radius 1 is 1.80 bits per heavy atom. The first-order chi connectivity index (χ1) is 4.58. The van der Waals surface area contributed by atoms with E-state index in [9.17, 15) is 9.90 Å². The highest BCUT2D eigenvalue weighted by atomic mass is 16.3. The van der Waals surface area contributed by atoms with Crippen LogP contribution in [0.3, 0.4) is 0 Å². The van der Waals surface area contributed by atoms with Crippen molar-refractivity contribution in [1.82, 2.24) is 10.6 Å². The van der Waals surface area contributed by atoms with Crippen molar-refractivity contribution < 1.29 is 9.90 Å². The average Bonchev–Trinajstić information content (AvgIpc) is 2.09. The minimum atomic E-state index is -0.759. The van der Waals surface area contributed by atoms with Gasteiger partial charge in [0, 0.05) is 0 Å². The quantitative estimate of drug-likeness (QED) is 0.476. The molecule has 0 aromatic carbocycles. The number of urea groups is 1. The molecule has 10 heavy (non-hydrogen) atoms. The molecule has 1 aliphatic rings. The van der Waals surface area contributed by atoms with Crippen LogP contribution < -0.4 is 10.6 Å². The molecule has 1 rings (SSSR count). The fourth-order valence-corrected chi connectivity index (χ4v) is 0.929. The van der Waals surface area contributed by atoms with Gasteiger partial charge >= 0.3 is 6.03 Å². The molecule has 0 aromatic rings. The molecule has 0 bridgehead atoms. The van der Waals surface area contributed by atoms with Crippen molar-refractivity contribution in [2.45, 2.75) is 32.0 Å². The summed E-state index contributed by atoms with van der Waals surface area (Å²) in [6.07, 6.45) is -0.0441. The highest BCUT2D eigenvalue weighted by Gasteiger charge is 2.39. The Morgan fingerprint density at radius 3 is 2.60 bits per heavy atom. The lowest BCUT2D eigenvalue weighted by Crippen LogP contribution is -2.45. The zero-order chi connectivity index (χ0) is 7.78.